The molecule has 4 heteroatoms. The summed E-state index contributed by atoms with van der Waals surface area (Å²) >= 11 is 0. The van der Waals surface area contributed by atoms with Crippen molar-refractivity contribution in [1.82, 2.24) is 15.2 Å². The lowest BCUT2D eigenvalue weighted by atomic mass is 10.2. The van der Waals surface area contributed by atoms with E-state index in [9.17, 15) is 0 Å². The van der Waals surface area contributed by atoms with E-state index in [-0.39, 0.29) is 0 Å². The molecule has 1 N–H and O–H groups in total. The van der Waals surface area contributed by atoms with Gasteiger partial charge in [0.15, 0.2) is 0 Å². The highest BCUT2D eigenvalue weighted by atomic mass is 16.5. The Balaban J connectivity index is 2.45. The molecule has 0 amide bonds. The number of rotatable bonds is 8. The lowest BCUT2D eigenvalue weighted by Gasteiger charge is -2.14. The van der Waals surface area contributed by atoms with Crippen molar-refractivity contribution >= 4 is 0 Å². The largest absolute Gasteiger partial charge is 0.492 e. The van der Waals surface area contributed by atoms with Gasteiger partial charge >= 0.3 is 0 Å². The van der Waals surface area contributed by atoms with Gasteiger partial charge in [-0.1, -0.05) is 13.8 Å². The summed E-state index contributed by atoms with van der Waals surface area (Å²) in [5.41, 5.74) is 1.12. The molecule has 0 unspecified atom stereocenters. The normalized spacial score (nSPS) is 11.2. The molecule has 1 aromatic rings. The van der Waals surface area contributed by atoms with Crippen LogP contribution >= 0.6 is 0 Å². The number of nitrogens with one attached hydrogen (secondary N) is 1. The molecule has 0 bridgehead atoms. The zero-order valence-electron chi connectivity index (χ0n) is 11.9. The lowest BCUT2D eigenvalue weighted by Crippen LogP contribution is -2.21. The molecule has 0 saturated carbocycles. The van der Waals surface area contributed by atoms with E-state index in [1.165, 1.54) is 0 Å². The van der Waals surface area contributed by atoms with Crippen LogP contribution < -0.4 is 10.1 Å². The number of hydrogen-bond acceptors (Lipinski definition) is 4. The highest BCUT2D eigenvalue weighted by Gasteiger charge is 2.04. The first-order chi connectivity index (χ1) is 8.59. The van der Waals surface area contributed by atoms with Crippen molar-refractivity contribution < 1.29 is 4.74 Å². The monoisotopic (exact) mass is 251 g/mol. The van der Waals surface area contributed by atoms with Gasteiger partial charge in [0.1, 0.15) is 12.4 Å². The standard InChI is InChI=1S/C14H25N3O/c1-12(2)9-16-11-13-10-15-6-5-14(13)18-8-7-17(3)4/h5-6,10,12,16H,7-9,11H2,1-4H3. The second-order valence-electron chi connectivity index (χ2n) is 5.16. The van der Waals surface area contributed by atoms with E-state index in [1.807, 2.05) is 26.4 Å². The molecular weight excluding hydrogens is 226 g/mol. The highest BCUT2D eigenvalue weighted by Crippen LogP contribution is 2.16. The summed E-state index contributed by atoms with van der Waals surface area (Å²) < 4.78 is 5.78. The molecule has 0 aliphatic rings. The minimum atomic E-state index is 0.653. The van der Waals surface area contributed by atoms with Crippen molar-refractivity contribution in [3.05, 3.63) is 24.0 Å². The van der Waals surface area contributed by atoms with E-state index in [0.717, 1.165) is 30.9 Å². The summed E-state index contributed by atoms with van der Waals surface area (Å²) in [6.07, 6.45) is 3.65. The van der Waals surface area contributed by atoms with E-state index < -0.39 is 0 Å². The van der Waals surface area contributed by atoms with Gasteiger partial charge < -0.3 is 15.0 Å². The molecule has 0 aromatic carbocycles. The minimum Gasteiger partial charge on any atom is -0.492 e. The van der Waals surface area contributed by atoms with Crippen molar-refractivity contribution in [3.8, 4) is 5.75 Å². The van der Waals surface area contributed by atoms with Crippen LogP contribution in [0, 0.1) is 5.92 Å². The van der Waals surface area contributed by atoms with Gasteiger partial charge in [0.25, 0.3) is 0 Å². The molecule has 18 heavy (non-hydrogen) atoms. The van der Waals surface area contributed by atoms with Gasteiger partial charge in [-0.15, -0.1) is 0 Å². The van der Waals surface area contributed by atoms with E-state index in [4.69, 9.17) is 4.74 Å². The average molecular weight is 251 g/mol. The molecular formula is C14H25N3O. The third-order valence-electron chi connectivity index (χ3n) is 2.52. The number of likely N-dealkylation sites (N-methyl/N-ethyl adjacent to an activating group) is 1. The molecule has 1 aromatic heterocycles. The number of pyridine rings is 1. The molecule has 0 aliphatic carbocycles. The Morgan fingerprint density at radius 3 is 2.83 bits per heavy atom. The predicted molar refractivity (Wildman–Crippen MR) is 74.8 cm³/mol. The maximum atomic E-state index is 5.78. The average Bonchev–Trinajstić information content (AvgIpc) is 2.30. The summed E-state index contributed by atoms with van der Waals surface area (Å²) in [4.78, 5) is 6.26. The Labute approximate surface area is 110 Å². The van der Waals surface area contributed by atoms with Crippen molar-refractivity contribution in [2.24, 2.45) is 5.92 Å². The maximum absolute atomic E-state index is 5.78. The summed E-state index contributed by atoms with van der Waals surface area (Å²) in [7, 11) is 4.09. The highest BCUT2D eigenvalue weighted by molar-refractivity contribution is 5.29. The molecule has 1 heterocycles. The number of nitrogens with zero attached hydrogens (tertiary/aromatic N) is 2. The Bertz CT molecular complexity index is 307. The summed E-state index contributed by atoms with van der Waals surface area (Å²) in [5, 5.41) is 3.41. The zero-order chi connectivity index (χ0) is 13.4. The van der Waals surface area contributed by atoms with Gasteiger partial charge in [-0.25, -0.2) is 0 Å². The first-order valence-electron chi connectivity index (χ1n) is 6.50. The fourth-order valence-corrected chi connectivity index (χ4v) is 1.52. The molecule has 1 rings (SSSR count). The number of aromatic nitrogens is 1. The number of ether oxygens (including phenoxy) is 1. The Morgan fingerprint density at radius 2 is 2.17 bits per heavy atom. The van der Waals surface area contributed by atoms with Crippen LogP contribution in [0.2, 0.25) is 0 Å². The molecule has 0 spiro atoms. The van der Waals surface area contributed by atoms with Gasteiger partial charge in [0.2, 0.25) is 0 Å². The molecule has 0 aliphatic heterocycles. The van der Waals surface area contributed by atoms with E-state index in [2.05, 4.69) is 29.0 Å². The zero-order valence-corrected chi connectivity index (χ0v) is 11.9. The van der Waals surface area contributed by atoms with Gasteiger partial charge in [-0.05, 0) is 32.6 Å². The van der Waals surface area contributed by atoms with E-state index >= 15 is 0 Å². The molecule has 0 saturated heterocycles. The van der Waals surface area contributed by atoms with Gasteiger partial charge in [0.05, 0.1) is 0 Å². The quantitative estimate of drug-likeness (QED) is 0.764. The van der Waals surface area contributed by atoms with E-state index in [1.54, 1.807) is 6.20 Å². The van der Waals surface area contributed by atoms with Crippen LogP contribution in [-0.2, 0) is 6.54 Å². The second kappa shape index (κ2) is 8.06. The van der Waals surface area contributed by atoms with Gasteiger partial charge in [-0.3, -0.25) is 4.98 Å². The Kier molecular flexibility index (Phi) is 6.68. The predicted octanol–water partition coefficient (Wildman–Crippen LogP) is 1.77. The summed E-state index contributed by atoms with van der Waals surface area (Å²) in [6, 6.07) is 1.93. The molecule has 0 atom stereocenters. The molecule has 102 valence electrons. The number of hydrogen-bond donors (Lipinski definition) is 1. The van der Waals surface area contributed by atoms with Crippen LogP contribution in [-0.4, -0.2) is 43.7 Å². The van der Waals surface area contributed by atoms with Crippen LogP contribution in [0.25, 0.3) is 0 Å². The van der Waals surface area contributed by atoms with Crippen LogP contribution in [0.3, 0.4) is 0 Å². The second-order valence-corrected chi connectivity index (χ2v) is 5.16. The fraction of sp³-hybridized carbons (Fsp3) is 0.643. The lowest BCUT2D eigenvalue weighted by molar-refractivity contribution is 0.259. The molecule has 0 fully saturated rings. The van der Waals surface area contributed by atoms with Gasteiger partial charge in [0, 0.05) is 31.0 Å². The first-order valence-corrected chi connectivity index (χ1v) is 6.50. The maximum Gasteiger partial charge on any atom is 0.126 e. The van der Waals surface area contributed by atoms with Crippen LogP contribution in [0.5, 0.6) is 5.75 Å². The van der Waals surface area contributed by atoms with Crippen LogP contribution in [0.4, 0.5) is 0 Å². The topological polar surface area (TPSA) is 37.4 Å². The Morgan fingerprint density at radius 1 is 1.39 bits per heavy atom. The SMILES string of the molecule is CC(C)CNCc1cnccc1OCCN(C)C. The van der Waals surface area contributed by atoms with Crippen molar-refractivity contribution in [2.45, 2.75) is 20.4 Å². The molecule has 4 nitrogen and oxygen atoms in total. The van der Waals surface area contributed by atoms with Crippen LogP contribution in [0.15, 0.2) is 18.5 Å². The van der Waals surface area contributed by atoms with Gasteiger partial charge in [-0.2, -0.15) is 0 Å². The first kappa shape index (κ1) is 14.9. The van der Waals surface area contributed by atoms with Crippen molar-refractivity contribution in [1.29, 1.82) is 0 Å². The van der Waals surface area contributed by atoms with Crippen LogP contribution in [0.1, 0.15) is 19.4 Å². The van der Waals surface area contributed by atoms with Crippen molar-refractivity contribution in [2.75, 3.05) is 33.8 Å². The fourth-order valence-electron chi connectivity index (χ4n) is 1.52. The smallest absolute Gasteiger partial charge is 0.126 e. The third-order valence-corrected chi connectivity index (χ3v) is 2.52. The summed E-state index contributed by atoms with van der Waals surface area (Å²) in [5.74, 6) is 1.59. The molecule has 0 radical (unpaired) electrons. The Hall–Kier alpha value is -1.13. The third kappa shape index (κ3) is 5.98. The minimum absolute atomic E-state index is 0.653. The summed E-state index contributed by atoms with van der Waals surface area (Å²) in [6.45, 7) is 7.83. The van der Waals surface area contributed by atoms with Crippen molar-refractivity contribution in [3.63, 3.8) is 0 Å². The van der Waals surface area contributed by atoms with E-state index in [0.29, 0.717) is 12.5 Å².